The normalized spacial score (nSPS) is 14.1. The molecule has 0 aliphatic carbocycles. The predicted molar refractivity (Wildman–Crippen MR) is 66.7 cm³/mol. The fraction of sp³-hybridized carbons (Fsp3) is 0.417. The number of ketones is 1. The van der Waals surface area contributed by atoms with E-state index in [1.54, 1.807) is 0 Å². The summed E-state index contributed by atoms with van der Waals surface area (Å²) in [5, 5.41) is 9.98. The third kappa shape index (κ3) is 2.37. The van der Waals surface area contributed by atoms with Gasteiger partial charge in [-0.15, -0.1) is 0 Å². The summed E-state index contributed by atoms with van der Waals surface area (Å²) in [6.45, 7) is 1.11. The summed E-state index contributed by atoms with van der Waals surface area (Å²) >= 11 is 5.88. The number of fused-ring (bicyclic) bond motifs is 1. The Labute approximate surface area is 109 Å². The molecule has 18 heavy (non-hydrogen) atoms. The van der Waals surface area contributed by atoms with Crippen LogP contribution in [0.3, 0.4) is 0 Å². The minimum Gasteiger partial charge on any atom is -0.505 e. The number of benzene rings is 1. The molecule has 1 aliphatic heterocycles. The van der Waals surface area contributed by atoms with Gasteiger partial charge in [-0.3, -0.25) is 4.79 Å². The highest BCUT2D eigenvalue weighted by Crippen LogP contribution is 2.43. The Morgan fingerprint density at radius 2 is 2.17 bits per heavy atom. The smallest absolute Gasteiger partial charge is 0.175 e. The van der Waals surface area contributed by atoms with Crippen LogP contribution in [0.5, 0.6) is 17.2 Å². The van der Waals surface area contributed by atoms with Gasteiger partial charge in [0.15, 0.2) is 17.3 Å². The minimum atomic E-state index is -0.306. The first kappa shape index (κ1) is 13.0. The van der Waals surface area contributed by atoms with Gasteiger partial charge in [-0.2, -0.15) is 0 Å². The molecule has 1 heterocycles. The molecule has 0 amide bonds. The van der Waals surface area contributed by atoms with E-state index in [2.05, 4.69) is 0 Å². The van der Waals surface area contributed by atoms with Crippen LogP contribution in [0, 0.1) is 0 Å². The summed E-state index contributed by atoms with van der Waals surface area (Å²) in [6, 6.07) is 1.46. The Bertz CT molecular complexity index is 476. The van der Waals surface area contributed by atoms with E-state index in [0.717, 1.165) is 0 Å². The number of halogens is 1. The second-order valence-corrected chi connectivity index (χ2v) is 4.33. The largest absolute Gasteiger partial charge is 0.505 e. The van der Waals surface area contributed by atoms with Gasteiger partial charge in [0.1, 0.15) is 11.3 Å². The number of hydrogen-bond acceptors (Lipinski definition) is 5. The lowest BCUT2D eigenvalue weighted by Crippen LogP contribution is -2.10. The van der Waals surface area contributed by atoms with Gasteiger partial charge in [0.05, 0.1) is 18.2 Å². The number of ether oxygens (including phenoxy) is 2. The average Bonchev–Trinajstić information content (AvgIpc) is 2.56. The van der Waals surface area contributed by atoms with Crippen LogP contribution in [0.15, 0.2) is 6.07 Å². The Morgan fingerprint density at radius 1 is 1.44 bits per heavy atom. The molecule has 0 unspecified atom stereocenters. The zero-order valence-corrected chi connectivity index (χ0v) is 10.5. The van der Waals surface area contributed by atoms with Crippen molar-refractivity contribution in [2.24, 2.45) is 5.73 Å². The maximum atomic E-state index is 12.0. The lowest BCUT2D eigenvalue weighted by molar-refractivity contribution is 0.0978. The molecule has 0 spiro atoms. The summed E-state index contributed by atoms with van der Waals surface area (Å²) in [5.74, 6) is 0.0575. The highest BCUT2D eigenvalue weighted by molar-refractivity contribution is 6.33. The van der Waals surface area contributed by atoms with Gasteiger partial charge < -0.3 is 20.3 Å². The first-order valence-corrected chi connectivity index (χ1v) is 6.07. The minimum absolute atomic E-state index is 0.0600. The topological polar surface area (TPSA) is 81.8 Å². The van der Waals surface area contributed by atoms with E-state index < -0.39 is 0 Å². The molecule has 6 heteroatoms. The third-order valence-corrected chi connectivity index (χ3v) is 2.90. The predicted octanol–water partition coefficient (Wildman–Crippen LogP) is 1.74. The number of Topliss-reactive ketones (excluding diaryl/α,β-unsaturated/α-hetero) is 1. The van der Waals surface area contributed by atoms with E-state index in [9.17, 15) is 9.90 Å². The molecular formula is C12H14ClNO4. The first-order chi connectivity index (χ1) is 8.65. The van der Waals surface area contributed by atoms with E-state index in [1.807, 2.05) is 0 Å². The van der Waals surface area contributed by atoms with Crippen molar-refractivity contribution < 1.29 is 19.4 Å². The van der Waals surface area contributed by atoms with Gasteiger partial charge in [0, 0.05) is 18.9 Å². The van der Waals surface area contributed by atoms with Crippen LogP contribution in [0.2, 0.25) is 5.02 Å². The lowest BCUT2D eigenvalue weighted by atomic mass is 10.0. The molecule has 1 aromatic carbocycles. The summed E-state index contributed by atoms with van der Waals surface area (Å²) in [5.41, 5.74) is 5.41. The maximum Gasteiger partial charge on any atom is 0.175 e. The molecular weight excluding hydrogens is 258 g/mol. The molecule has 1 aliphatic rings. The fourth-order valence-electron chi connectivity index (χ4n) is 1.78. The number of nitrogens with two attached hydrogens (primary N) is 1. The van der Waals surface area contributed by atoms with Crippen LogP contribution >= 0.6 is 11.6 Å². The number of hydrogen-bond donors (Lipinski definition) is 2. The van der Waals surface area contributed by atoms with E-state index in [1.165, 1.54) is 6.07 Å². The van der Waals surface area contributed by atoms with Crippen molar-refractivity contribution in [3.63, 3.8) is 0 Å². The zero-order chi connectivity index (χ0) is 13.1. The van der Waals surface area contributed by atoms with Crippen LogP contribution in [0.1, 0.15) is 23.2 Å². The van der Waals surface area contributed by atoms with Crippen molar-refractivity contribution in [1.29, 1.82) is 0 Å². The second-order valence-electron chi connectivity index (χ2n) is 3.92. The zero-order valence-electron chi connectivity index (χ0n) is 9.74. The van der Waals surface area contributed by atoms with Crippen LogP contribution in [0.25, 0.3) is 0 Å². The Hall–Kier alpha value is -1.46. The Kier molecular flexibility index (Phi) is 3.93. The van der Waals surface area contributed by atoms with Gasteiger partial charge in [-0.25, -0.2) is 0 Å². The van der Waals surface area contributed by atoms with E-state index >= 15 is 0 Å². The van der Waals surface area contributed by atoms with Gasteiger partial charge in [0.2, 0.25) is 0 Å². The molecule has 0 aromatic heterocycles. The third-order valence-electron chi connectivity index (χ3n) is 2.61. The number of phenolic OH excluding ortho intramolecular Hbond substituents is 1. The maximum absolute atomic E-state index is 12.0. The fourth-order valence-corrected chi connectivity index (χ4v) is 1.97. The quantitative estimate of drug-likeness (QED) is 0.819. The van der Waals surface area contributed by atoms with E-state index in [0.29, 0.717) is 25.4 Å². The van der Waals surface area contributed by atoms with Gasteiger partial charge in [-0.1, -0.05) is 11.6 Å². The molecule has 5 nitrogen and oxygen atoms in total. The standard InChI is InChI=1S/C12H14ClNO4/c13-7-6-9-12(18-5-1-4-17-9)10(11(7)16)8(15)2-3-14/h6,16H,1-5,14H2. The van der Waals surface area contributed by atoms with Gasteiger partial charge in [0.25, 0.3) is 0 Å². The lowest BCUT2D eigenvalue weighted by Gasteiger charge is -2.14. The average molecular weight is 272 g/mol. The molecule has 0 bridgehead atoms. The highest BCUT2D eigenvalue weighted by atomic mass is 35.5. The van der Waals surface area contributed by atoms with Crippen LogP contribution in [0.4, 0.5) is 0 Å². The van der Waals surface area contributed by atoms with E-state index in [4.69, 9.17) is 26.8 Å². The SMILES string of the molecule is NCCC(=O)c1c(O)c(Cl)cc2c1OCCCO2. The van der Waals surface area contributed by atoms with Crippen molar-refractivity contribution >= 4 is 17.4 Å². The molecule has 2 rings (SSSR count). The number of carbonyl (C=O) groups is 1. The van der Waals surface area contributed by atoms with Crippen molar-refractivity contribution in [3.05, 3.63) is 16.7 Å². The first-order valence-electron chi connectivity index (χ1n) is 5.69. The Morgan fingerprint density at radius 3 is 2.89 bits per heavy atom. The van der Waals surface area contributed by atoms with Crippen LogP contribution in [-0.4, -0.2) is 30.6 Å². The van der Waals surface area contributed by atoms with Crippen molar-refractivity contribution in [2.75, 3.05) is 19.8 Å². The number of rotatable bonds is 3. The Balaban J connectivity index is 2.54. The molecule has 0 saturated heterocycles. The molecule has 98 valence electrons. The van der Waals surface area contributed by atoms with E-state index in [-0.39, 0.29) is 40.8 Å². The molecule has 0 atom stereocenters. The second kappa shape index (κ2) is 5.46. The van der Waals surface area contributed by atoms with Crippen LogP contribution in [-0.2, 0) is 0 Å². The molecule has 0 fully saturated rings. The highest BCUT2D eigenvalue weighted by Gasteiger charge is 2.25. The molecule has 0 saturated carbocycles. The molecule has 1 aromatic rings. The van der Waals surface area contributed by atoms with Crippen molar-refractivity contribution in [3.8, 4) is 17.2 Å². The summed E-state index contributed by atoms with van der Waals surface area (Å²) < 4.78 is 10.9. The van der Waals surface area contributed by atoms with Crippen LogP contribution < -0.4 is 15.2 Å². The van der Waals surface area contributed by atoms with Crippen molar-refractivity contribution in [1.82, 2.24) is 0 Å². The molecule has 0 radical (unpaired) electrons. The van der Waals surface area contributed by atoms with Crippen molar-refractivity contribution in [2.45, 2.75) is 12.8 Å². The summed E-state index contributed by atoms with van der Waals surface area (Å²) in [6.07, 6.45) is 0.821. The number of carbonyl (C=O) groups excluding carboxylic acids is 1. The summed E-state index contributed by atoms with van der Waals surface area (Å²) in [4.78, 5) is 12.0. The number of phenols is 1. The number of aromatic hydroxyl groups is 1. The van der Waals surface area contributed by atoms with Gasteiger partial charge >= 0.3 is 0 Å². The summed E-state index contributed by atoms with van der Waals surface area (Å²) in [7, 11) is 0. The van der Waals surface area contributed by atoms with Gasteiger partial charge in [-0.05, 0) is 6.54 Å². The molecule has 3 N–H and O–H groups in total. The monoisotopic (exact) mass is 271 g/mol.